The summed E-state index contributed by atoms with van der Waals surface area (Å²) in [6, 6.07) is 7.16. The molecular weight excluding hydrogens is 286 g/mol. The minimum atomic E-state index is -0.997. The fourth-order valence-corrected chi connectivity index (χ4v) is 2.08. The Labute approximate surface area is 127 Å². The van der Waals surface area contributed by atoms with Gasteiger partial charge in [-0.05, 0) is 32.0 Å². The average Bonchev–Trinajstić information content (AvgIpc) is 2.47. The summed E-state index contributed by atoms with van der Waals surface area (Å²) in [6.07, 6.45) is 6.17. The van der Waals surface area contributed by atoms with E-state index in [4.69, 9.17) is 6.42 Å². The molecule has 0 bridgehead atoms. The monoisotopic (exact) mass is 300 g/mol. The van der Waals surface area contributed by atoms with Crippen LogP contribution < -0.4 is 4.90 Å². The molecule has 0 N–H and O–H groups in total. The second-order valence-corrected chi connectivity index (χ2v) is 4.95. The lowest BCUT2D eigenvalue weighted by Crippen LogP contribution is -2.38. The lowest BCUT2D eigenvalue weighted by atomic mass is 10.1. The Kier molecular flexibility index (Phi) is 4.52. The Morgan fingerprint density at radius 2 is 2.05 bits per heavy atom. The van der Waals surface area contributed by atoms with Gasteiger partial charge in [-0.25, -0.2) is 13.8 Å². The van der Waals surface area contributed by atoms with Gasteiger partial charge in [-0.15, -0.1) is 6.42 Å². The molecule has 0 unspecified atom stereocenters. The fraction of sp³-hybridized carbons (Fsp3) is 0.176. The molecule has 2 rings (SSSR count). The van der Waals surface area contributed by atoms with E-state index in [0.717, 1.165) is 6.20 Å². The van der Waals surface area contributed by atoms with Crippen molar-refractivity contribution >= 4 is 11.6 Å². The predicted octanol–water partition coefficient (Wildman–Crippen LogP) is 3.40. The standard InChI is InChI=1S/C17H14F2N2O/c1-4-12-6-5-7-14(8-12)21(11(2)3)17(22)16-15(19)9-13(18)10-20-16/h1,5-11H,2-3H3. The zero-order chi connectivity index (χ0) is 16.3. The SMILES string of the molecule is C#Cc1cccc(N(C(=O)c2ncc(F)cc2F)C(C)C)c1. The van der Waals surface area contributed by atoms with E-state index >= 15 is 0 Å². The van der Waals surface area contributed by atoms with Gasteiger partial charge >= 0.3 is 0 Å². The van der Waals surface area contributed by atoms with Crippen molar-refractivity contribution in [3.05, 3.63) is 59.4 Å². The first kappa shape index (κ1) is 15.6. The summed E-state index contributed by atoms with van der Waals surface area (Å²) in [6.45, 7) is 3.56. The van der Waals surface area contributed by atoms with Crippen molar-refractivity contribution < 1.29 is 13.6 Å². The molecule has 1 heterocycles. The van der Waals surface area contributed by atoms with Gasteiger partial charge in [-0.2, -0.15) is 0 Å². The maximum absolute atomic E-state index is 13.8. The van der Waals surface area contributed by atoms with Gasteiger partial charge in [0.1, 0.15) is 5.82 Å². The van der Waals surface area contributed by atoms with Crippen LogP contribution in [0.2, 0.25) is 0 Å². The van der Waals surface area contributed by atoms with Crippen LogP contribution in [0.15, 0.2) is 36.5 Å². The van der Waals surface area contributed by atoms with Crippen molar-refractivity contribution in [1.29, 1.82) is 0 Å². The molecule has 0 saturated carbocycles. The number of amides is 1. The number of nitrogens with zero attached hydrogens (tertiary/aromatic N) is 2. The first-order chi connectivity index (χ1) is 10.4. The van der Waals surface area contributed by atoms with Gasteiger partial charge in [0.25, 0.3) is 5.91 Å². The number of terminal acetylenes is 1. The number of carbonyl (C=O) groups is 1. The van der Waals surface area contributed by atoms with Crippen LogP contribution in [0.4, 0.5) is 14.5 Å². The van der Waals surface area contributed by atoms with Crippen molar-refractivity contribution in [1.82, 2.24) is 4.98 Å². The molecule has 1 amide bonds. The number of pyridine rings is 1. The molecule has 0 radical (unpaired) electrons. The highest BCUT2D eigenvalue weighted by Gasteiger charge is 2.25. The molecule has 0 atom stereocenters. The fourth-order valence-electron chi connectivity index (χ4n) is 2.08. The van der Waals surface area contributed by atoms with Crippen LogP contribution in [0.3, 0.4) is 0 Å². The molecule has 0 aliphatic heterocycles. The van der Waals surface area contributed by atoms with E-state index < -0.39 is 23.2 Å². The molecule has 0 spiro atoms. The zero-order valence-corrected chi connectivity index (χ0v) is 12.2. The Balaban J connectivity index is 2.47. The highest BCUT2D eigenvalue weighted by Crippen LogP contribution is 2.22. The van der Waals surface area contributed by atoms with Crippen LogP contribution >= 0.6 is 0 Å². The number of halogens is 2. The number of hydrogen-bond acceptors (Lipinski definition) is 2. The molecule has 1 aromatic heterocycles. The number of anilines is 1. The zero-order valence-electron chi connectivity index (χ0n) is 12.2. The first-order valence-corrected chi connectivity index (χ1v) is 6.65. The lowest BCUT2D eigenvalue weighted by Gasteiger charge is -2.26. The number of carbonyl (C=O) groups excluding carboxylic acids is 1. The van der Waals surface area contributed by atoms with Crippen molar-refractivity contribution in [3.63, 3.8) is 0 Å². The maximum Gasteiger partial charge on any atom is 0.280 e. The van der Waals surface area contributed by atoms with Crippen molar-refractivity contribution in [2.45, 2.75) is 19.9 Å². The molecule has 0 aliphatic rings. The first-order valence-electron chi connectivity index (χ1n) is 6.65. The highest BCUT2D eigenvalue weighted by molar-refractivity contribution is 6.05. The van der Waals surface area contributed by atoms with Gasteiger partial charge in [0.15, 0.2) is 11.5 Å². The van der Waals surface area contributed by atoms with E-state index in [1.165, 1.54) is 4.90 Å². The van der Waals surface area contributed by atoms with Gasteiger partial charge in [-0.1, -0.05) is 12.0 Å². The Bertz CT molecular complexity index is 751. The molecule has 0 fully saturated rings. The molecule has 112 valence electrons. The van der Waals surface area contributed by atoms with Crippen LogP contribution in [0.25, 0.3) is 0 Å². The largest absolute Gasteiger partial charge is 0.304 e. The maximum atomic E-state index is 13.8. The van der Waals surface area contributed by atoms with Crippen molar-refractivity contribution in [2.24, 2.45) is 0 Å². The quantitative estimate of drug-likeness (QED) is 0.814. The molecule has 22 heavy (non-hydrogen) atoms. The van der Waals surface area contributed by atoms with Gasteiger partial charge < -0.3 is 4.90 Å². The van der Waals surface area contributed by atoms with Gasteiger partial charge in [-0.3, -0.25) is 4.79 Å². The third kappa shape index (κ3) is 3.12. The van der Waals surface area contributed by atoms with Gasteiger partial charge in [0.2, 0.25) is 0 Å². The van der Waals surface area contributed by atoms with Crippen LogP contribution in [0.5, 0.6) is 0 Å². The average molecular weight is 300 g/mol. The number of rotatable bonds is 3. The summed E-state index contributed by atoms with van der Waals surface area (Å²) in [5.41, 5.74) is 0.700. The van der Waals surface area contributed by atoms with Crippen LogP contribution in [0.1, 0.15) is 29.9 Å². The molecule has 0 saturated heterocycles. The van der Waals surface area contributed by atoms with E-state index in [1.54, 1.807) is 38.1 Å². The summed E-state index contributed by atoms with van der Waals surface area (Å²) >= 11 is 0. The number of aromatic nitrogens is 1. The summed E-state index contributed by atoms with van der Waals surface area (Å²) in [4.78, 5) is 17.5. The van der Waals surface area contributed by atoms with Crippen LogP contribution in [-0.4, -0.2) is 16.9 Å². The second-order valence-electron chi connectivity index (χ2n) is 4.95. The Morgan fingerprint density at radius 1 is 1.32 bits per heavy atom. The minimum absolute atomic E-state index is 0.258. The van der Waals surface area contributed by atoms with E-state index in [0.29, 0.717) is 17.3 Å². The predicted molar refractivity (Wildman–Crippen MR) is 80.5 cm³/mol. The molecular formula is C17H14F2N2O. The number of hydrogen-bond donors (Lipinski definition) is 0. The van der Waals surface area contributed by atoms with Crippen LogP contribution in [0, 0.1) is 24.0 Å². The third-order valence-corrected chi connectivity index (χ3v) is 3.04. The van der Waals surface area contributed by atoms with Crippen LogP contribution in [-0.2, 0) is 0 Å². The summed E-state index contributed by atoms with van der Waals surface area (Å²) in [5.74, 6) is -0.000129. The summed E-state index contributed by atoms with van der Waals surface area (Å²) in [7, 11) is 0. The molecule has 0 aliphatic carbocycles. The second kappa shape index (κ2) is 6.35. The van der Waals surface area contributed by atoms with E-state index in [2.05, 4.69) is 10.9 Å². The normalized spacial score (nSPS) is 10.4. The highest BCUT2D eigenvalue weighted by atomic mass is 19.1. The van der Waals surface area contributed by atoms with Gasteiger partial charge in [0.05, 0.1) is 6.20 Å². The third-order valence-electron chi connectivity index (χ3n) is 3.04. The van der Waals surface area contributed by atoms with E-state index in [9.17, 15) is 13.6 Å². The molecule has 3 nitrogen and oxygen atoms in total. The Hall–Kier alpha value is -2.74. The van der Waals surface area contributed by atoms with E-state index in [1.807, 2.05) is 0 Å². The molecule has 1 aromatic carbocycles. The molecule has 5 heteroatoms. The van der Waals surface area contributed by atoms with Gasteiger partial charge in [0, 0.05) is 23.4 Å². The summed E-state index contributed by atoms with van der Waals surface area (Å²) in [5, 5.41) is 0. The Morgan fingerprint density at radius 3 is 2.64 bits per heavy atom. The number of benzene rings is 1. The summed E-state index contributed by atoms with van der Waals surface area (Å²) < 4.78 is 26.7. The van der Waals surface area contributed by atoms with Crippen molar-refractivity contribution in [2.75, 3.05) is 4.90 Å². The minimum Gasteiger partial charge on any atom is -0.304 e. The lowest BCUT2D eigenvalue weighted by molar-refractivity contribution is 0.0971. The molecule has 2 aromatic rings. The van der Waals surface area contributed by atoms with E-state index in [-0.39, 0.29) is 6.04 Å². The smallest absolute Gasteiger partial charge is 0.280 e. The van der Waals surface area contributed by atoms with Crippen molar-refractivity contribution in [3.8, 4) is 12.3 Å². The topological polar surface area (TPSA) is 33.2 Å².